The number of benzene rings is 1. The van der Waals surface area contributed by atoms with Gasteiger partial charge in [-0.1, -0.05) is 23.9 Å². The van der Waals surface area contributed by atoms with Gasteiger partial charge in [-0.15, -0.1) is 21.5 Å². The molecule has 1 aliphatic rings. The van der Waals surface area contributed by atoms with Gasteiger partial charge < -0.3 is 9.73 Å². The highest BCUT2D eigenvalue weighted by Crippen LogP contribution is 2.29. The van der Waals surface area contributed by atoms with Crippen LogP contribution < -0.4 is 5.32 Å². The van der Waals surface area contributed by atoms with Gasteiger partial charge in [0.2, 0.25) is 5.91 Å². The molecule has 25 heavy (non-hydrogen) atoms. The van der Waals surface area contributed by atoms with E-state index in [1.54, 1.807) is 11.3 Å². The van der Waals surface area contributed by atoms with E-state index in [2.05, 4.69) is 27.6 Å². The van der Waals surface area contributed by atoms with Crippen molar-refractivity contribution < 1.29 is 9.21 Å². The van der Waals surface area contributed by atoms with Crippen molar-refractivity contribution in [3.8, 4) is 10.8 Å². The number of aromatic nitrogens is 2. The van der Waals surface area contributed by atoms with Crippen LogP contribution in [0.25, 0.3) is 10.8 Å². The molecule has 0 aliphatic heterocycles. The van der Waals surface area contributed by atoms with Gasteiger partial charge in [0.15, 0.2) is 0 Å². The number of fused-ring (bicyclic) bond motifs is 1. The highest BCUT2D eigenvalue weighted by atomic mass is 32.2. The summed E-state index contributed by atoms with van der Waals surface area (Å²) in [6, 6.07) is 10.0. The molecule has 1 aliphatic carbocycles. The molecule has 0 spiro atoms. The molecule has 1 N–H and O–H groups in total. The zero-order valence-electron chi connectivity index (χ0n) is 13.7. The SMILES string of the molecule is C[C@@H](Sc1nnc(-c2cccs2)o1)C(=O)Nc1ccc2c(c1)CCC2. The Hall–Kier alpha value is -2.12. The zero-order chi connectivity index (χ0) is 17.2. The van der Waals surface area contributed by atoms with Crippen molar-refractivity contribution in [1.29, 1.82) is 0 Å². The van der Waals surface area contributed by atoms with Crippen LogP contribution in [0.2, 0.25) is 0 Å². The first-order valence-corrected chi connectivity index (χ1v) is 9.92. The lowest BCUT2D eigenvalue weighted by molar-refractivity contribution is -0.115. The minimum absolute atomic E-state index is 0.0705. The van der Waals surface area contributed by atoms with Crippen molar-refractivity contribution in [2.75, 3.05) is 5.32 Å². The number of nitrogens with one attached hydrogen (secondary N) is 1. The molecule has 0 saturated carbocycles. The highest BCUT2D eigenvalue weighted by Gasteiger charge is 2.20. The number of nitrogens with zero attached hydrogens (tertiary/aromatic N) is 2. The van der Waals surface area contributed by atoms with E-state index in [9.17, 15) is 4.79 Å². The van der Waals surface area contributed by atoms with Crippen molar-refractivity contribution in [2.24, 2.45) is 0 Å². The lowest BCUT2D eigenvalue weighted by Gasteiger charge is -2.11. The molecule has 4 rings (SSSR count). The molecule has 7 heteroatoms. The van der Waals surface area contributed by atoms with Gasteiger partial charge in [0.25, 0.3) is 11.1 Å². The molecular formula is C18H17N3O2S2. The van der Waals surface area contributed by atoms with Crippen molar-refractivity contribution in [2.45, 2.75) is 36.7 Å². The van der Waals surface area contributed by atoms with Crippen LogP contribution in [0.3, 0.4) is 0 Å². The summed E-state index contributed by atoms with van der Waals surface area (Å²) in [6.45, 7) is 1.84. The van der Waals surface area contributed by atoms with E-state index in [0.29, 0.717) is 11.1 Å². The lowest BCUT2D eigenvalue weighted by Crippen LogP contribution is -2.22. The molecule has 0 radical (unpaired) electrons. The number of rotatable bonds is 5. The first-order chi connectivity index (χ1) is 12.2. The summed E-state index contributed by atoms with van der Waals surface area (Å²) in [7, 11) is 0. The van der Waals surface area contributed by atoms with Gasteiger partial charge >= 0.3 is 0 Å². The summed E-state index contributed by atoms with van der Waals surface area (Å²) in [5.74, 6) is 0.419. The van der Waals surface area contributed by atoms with E-state index in [4.69, 9.17) is 4.42 Å². The minimum Gasteiger partial charge on any atom is -0.410 e. The molecule has 0 saturated heterocycles. The second kappa shape index (κ2) is 7.01. The first-order valence-electron chi connectivity index (χ1n) is 8.16. The van der Waals surface area contributed by atoms with Crippen LogP contribution in [-0.4, -0.2) is 21.4 Å². The molecule has 0 fully saturated rings. The normalized spacial score (nSPS) is 14.3. The van der Waals surface area contributed by atoms with Crippen LogP contribution in [0.5, 0.6) is 0 Å². The standard InChI is InChI=1S/C18H17N3O2S2/c1-11(25-18-21-20-17(23-18)15-6-3-9-24-15)16(22)19-14-8-7-12-4-2-5-13(12)10-14/h3,6-11H,2,4-5H2,1H3,(H,19,22)/t11-/m1/s1. The molecule has 3 aromatic rings. The van der Waals surface area contributed by atoms with Crippen LogP contribution in [0.1, 0.15) is 24.5 Å². The summed E-state index contributed by atoms with van der Waals surface area (Å²) >= 11 is 2.81. The maximum atomic E-state index is 12.4. The largest absolute Gasteiger partial charge is 0.410 e. The average molecular weight is 371 g/mol. The molecule has 5 nitrogen and oxygen atoms in total. The number of carbonyl (C=O) groups excluding carboxylic acids is 1. The van der Waals surface area contributed by atoms with E-state index in [-0.39, 0.29) is 11.2 Å². The number of thiophene rings is 1. The van der Waals surface area contributed by atoms with E-state index in [1.807, 2.05) is 30.5 Å². The molecule has 2 aromatic heterocycles. The predicted molar refractivity (Wildman–Crippen MR) is 100 cm³/mol. The fourth-order valence-electron chi connectivity index (χ4n) is 2.86. The zero-order valence-corrected chi connectivity index (χ0v) is 15.3. The third-order valence-electron chi connectivity index (χ3n) is 4.15. The second-order valence-corrected chi connectivity index (χ2v) is 8.18. The summed E-state index contributed by atoms with van der Waals surface area (Å²) in [4.78, 5) is 13.4. The predicted octanol–water partition coefficient (Wildman–Crippen LogP) is 4.41. The fraction of sp³-hybridized carbons (Fsp3) is 0.278. The third-order valence-corrected chi connectivity index (χ3v) is 5.94. The Kier molecular flexibility index (Phi) is 4.59. The van der Waals surface area contributed by atoms with Crippen LogP contribution in [0, 0.1) is 0 Å². The number of anilines is 1. The molecule has 0 bridgehead atoms. The van der Waals surface area contributed by atoms with Crippen LogP contribution >= 0.6 is 23.1 Å². The van der Waals surface area contributed by atoms with Crippen molar-refractivity contribution in [1.82, 2.24) is 10.2 Å². The molecular weight excluding hydrogens is 354 g/mol. The highest BCUT2D eigenvalue weighted by molar-refractivity contribution is 8.00. The Morgan fingerprint density at radius 3 is 3.00 bits per heavy atom. The molecule has 0 unspecified atom stereocenters. The second-order valence-electron chi connectivity index (χ2n) is 5.94. The van der Waals surface area contributed by atoms with E-state index in [1.165, 1.54) is 29.3 Å². The van der Waals surface area contributed by atoms with E-state index >= 15 is 0 Å². The number of carbonyl (C=O) groups is 1. The van der Waals surface area contributed by atoms with Gasteiger partial charge in [0, 0.05) is 5.69 Å². The number of hydrogen-bond donors (Lipinski definition) is 1. The topological polar surface area (TPSA) is 68.0 Å². The van der Waals surface area contributed by atoms with Gasteiger partial charge in [-0.3, -0.25) is 4.79 Å². The van der Waals surface area contributed by atoms with Crippen molar-refractivity contribution in [3.63, 3.8) is 0 Å². The molecule has 1 aromatic carbocycles. The fourth-order valence-corrected chi connectivity index (χ4v) is 4.18. The van der Waals surface area contributed by atoms with Gasteiger partial charge in [0.05, 0.1) is 10.1 Å². The Morgan fingerprint density at radius 2 is 2.16 bits per heavy atom. The van der Waals surface area contributed by atoms with Crippen molar-refractivity contribution in [3.05, 3.63) is 46.8 Å². The summed E-state index contributed by atoms with van der Waals surface area (Å²) in [6.07, 6.45) is 3.43. The van der Waals surface area contributed by atoms with Gasteiger partial charge in [-0.05, 0) is 60.9 Å². The van der Waals surface area contributed by atoms with E-state index < -0.39 is 0 Å². The summed E-state index contributed by atoms with van der Waals surface area (Å²) in [5.41, 5.74) is 3.59. The van der Waals surface area contributed by atoms with Crippen LogP contribution in [-0.2, 0) is 17.6 Å². The van der Waals surface area contributed by atoms with Crippen LogP contribution in [0.15, 0.2) is 45.4 Å². The monoisotopic (exact) mass is 371 g/mol. The number of amides is 1. The van der Waals surface area contributed by atoms with Crippen LogP contribution in [0.4, 0.5) is 5.69 Å². The maximum Gasteiger partial charge on any atom is 0.277 e. The summed E-state index contributed by atoms with van der Waals surface area (Å²) < 4.78 is 5.63. The third kappa shape index (κ3) is 3.62. The Morgan fingerprint density at radius 1 is 1.28 bits per heavy atom. The number of thioether (sulfide) groups is 1. The average Bonchev–Trinajstić information content (AvgIpc) is 3.35. The quantitative estimate of drug-likeness (QED) is 0.673. The van der Waals surface area contributed by atoms with Crippen molar-refractivity contribution >= 4 is 34.7 Å². The van der Waals surface area contributed by atoms with Gasteiger partial charge in [0.1, 0.15) is 0 Å². The smallest absolute Gasteiger partial charge is 0.277 e. The Balaban J connectivity index is 1.39. The molecule has 1 atom stereocenters. The minimum atomic E-state index is -0.329. The molecule has 1 amide bonds. The van der Waals surface area contributed by atoms with Gasteiger partial charge in [-0.25, -0.2) is 0 Å². The Labute approximate surface area is 153 Å². The first kappa shape index (κ1) is 16.4. The maximum absolute atomic E-state index is 12.4. The lowest BCUT2D eigenvalue weighted by atomic mass is 10.1. The van der Waals surface area contributed by atoms with E-state index in [0.717, 1.165) is 23.4 Å². The number of aryl methyl sites for hydroxylation is 2. The molecule has 128 valence electrons. The molecule has 2 heterocycles. The summed E-state index contributed by atoms with van der Waals surface area (Å²) in [5, 5.41) is 13.1. The Bertz CT molecular complexity index is 890. The van der Waals surface area contributed by atoms with Gasteiger partial charge in [-0.2, -0.15) is 0 Å². The number of hydrogen-bond acceptors (Lipinski definition) is 6.